The lowest BCUT2D eigenvalue weighted by Gasteiger charge is -2.26. The number of aryl methyl sites for hydroxylation is 1. The molecule has 6 heteroatoms. The first-order valence-corrected chi connectivity index (χ1v) is 12.0. The van der Waals surface area contributed by atoms with Crippen LogP contribution in [0.1, 0.15) is 85.8 Å². The molecule has 0 radical (unpaired) electrons. The molecule has 2 aromatic heterocycles. The summed E-state index contributed by atoms with van der Waals surface area (Å²) in [6, 6.07) is 3.48. The van der Waals surface area contributed by atoms with Crippen molar-refractivity contribution >= 4 is 16.9 Å². The van der Waals surface area contributed by atoms with Gasteiger partial charge < -0.3 is 9.30 Å². The highest BCUT2D eigenvalue weighted by molar-refractivity contribution is 5.93. The minimum atomic E-state index is -0.434. The molecule has 4 heterocycles. The van der Waals surface area contributed by atoms with Crippen molar-refractivity contribution in [1.29, 1.82) is 0 Å². The van der Waals surface area contributed by atoms with Crippen molar-refractivity contribution in [2.45, 2.75) is 78.9 Å². The van der Waals surface area contributed by atoms with E-state index in [1.165, 1.54) is 11.6 Å². The average molecular weight is 449 g/mol. The van der Waals surface area contributed by atoms with Crippen molar-refractivity contribution in [3.05, 3.63) is 61.7 Å². The molecule has 172 valence electrons. The minimum absolute atomic E-state index is 0.0212. The molecular weight excluding hydrogens is 419 g/mol. The molecule has 0 bridgehead atoms. The molecule has 0 fully saturated rings. The van der Waals surface area contributed by atoms with Gasteiger partial charge in [-0.2, -0.15) is 0 Å². The Balaban J connectivity index is 0.00000111. The van der Waals surface area contributed by atoms with E-state index in [1.54, 1.807) is 4.57 Å². The molecule has 0 amide bonds. The van der Waals surface area contributed by atoms with Gasteiger partial charge in [0.15, 0.2) is 0 Å². The van der Waals surface area contributed by atoms with Crippen LogP contribution in [-0.4, -0.2) is 15.5 Å². The molecule has 2 atom stereocenters. The summed E-state index contributed by atoms with van der Waals surface area (Å²) >= 11 is 0. The van der Waals surface area contributed by atoms with Crippen LogP contribution in [0.15, 0.2) is 16.9 Å². The number of aromatic nitrogens is 2. The fourth-order valence-electron chi connectivity index (χ4n) is 5.81. The second-order valence-corrected chi connectivity index (χ2v) is 9.07. The minimum Gasteiger partial charge on any atom is -0.460 e. The van der Waals surface area contributed by atoms with E-state index in [0.717, 1.165) is 46.3 Å². The molecule has 0 saturated heterocycles. The van der Waals surface area contributed by atoms with Crippen LogP contribution in [-0.2, 0) is 29.1 Å². The lowest BCUT2D eigenvalue weighted by atomic mass is 9.79. The van der Waals surface area contributed by atoms with Crippen LogP contribution < -0.4 is 5.56 Å². The van der Waals surface area contributed by atoms with Crippen LogP contribution in [0.25, 0.3) is 22.3 Å². The van der Waals surface area contributed by atoms with Crippen molar-refractivity contribution in [3.63, 3.8) is 0 Å². The number of ether oxygens (including phenoxy) is 1. The fourth-order valence-corrected chi connectivity index (χ4v) is 5.81. The second-order valence-electron chi connectivity index (χ2n) is 9.07. The molecular formula is C27H29FN2O3. The van der Waals surface area contributed by atoms with Gasteiger partial charge >= 0.3 is 5.97 Å². The Kier molecular flexibility index (Phi) is 5.15. The Morgan fingerprint density at radius 1 is 1.18 bits per heavy atom. The van der Waals surface area contributed by atoms with E-state index in [2.05, 4.69) is 6.92 Å². The topological polar surface area (TPSA) is 61.2 Å². The van der Waals surface area contributed by atoms with Crippen LogP contribution in [0.5, 0.6) is 0 Å². The standard InChI is InChI=1S/C25H23FN2O3.C2H6/c1-4-13-15-7-20-23-16(9-28(20)24(29)17(15)10-31-25(13)30)21-11(2)5-6-14-12(3)18(26)8-19(27-23)22(14)21;1-2/h7-8,11,13H,4-6,9-10H2,1-3H3;1-2H3/t11-,13+;/m0./s1. The quantitative estimate of drug-likeness (QED) is 0.361. The third kappa shape index (κ3) is 2.92. The lowest BCUT2D eigenvalue weighted by molar-refractivity contribution is -0.148. The summed E-state index contributed by atoms with van der Waals surface area (Å²) in [6.07, 6.45) is 2.36. The molecule has 1 aliphatic carbocycles. The first kappa shape index (κ1) is 21.8. The molecule has 6 rings (SSSR count). The fraction of sp³-hybridized carbons (Fsp3) is 0.444. The number of carbonyl (C=O) groups is 1. The highest BCUT2D eigenvalue weighted by Crippen LogP contribution is 2.45. The van der Waals surface area contributed by atoms with Crippen molar-refractivity contribution in [3.8, 4) is 11.4 Å². The number of carbonyl (C=O) groups excluding carboxylic acids is 1. The lowest BCUT2D eigenvalue weighted by Crippen LogP contribution is -2.32. The summed E-state index contributed by atoms with van der Waals surface area (Å²) in [4.78, 5) is 30.6. The van der Waals surface area contributed by atoms with Gasteiger partial charge in [0.25, 0.3) is 5.56 Å². The van der Waals surface area contributed by atoms with Crippen molar-refractivity contribution in [2.24, 2.45) is 0 Å². The van der Waals surface area contributed by atoms with E-state index in [-0.39, 0.29) is 24.0 Å². The first-order valence-electron chi connectivity index (χ1n) is 12.0. The van der Waals surface area contributed by atoms with Gasteiger partial charge in [0.2, 0.25) is 0 Å². The molecule has 0 saturated carbocycles. The maximum Gasteiger partial charge on any atom is 0.313 e. The third-order valence-corrected chi connectivity index (χ3v) is 7.49. The highest BCUT2D eigenvalue weighted by Gasteiger charge is 2.36. The normalized spacial score (nSPS) is 19.9. The Labute approximate surface area is 192 Å². The summed E-state index contributed by atoms with van der Waals surface area (Å²) in [5.41, 5.74) is 7.35. The average Bonchev–Trinajstić information content (AvgIpc) is 3.18. The number of pyridine rings is 2. The number of esters is 1. The predicted molar refractivity (Wildman–Crippen MR) is 126 cm³/mol. The number of benzene rings is 1. The Bertz CT molecular complexity index is 1390. The molecule has 0 spiro atoms. The van der Waals surface area contributed by atoms with Crippen LogP contribution in [0.2, 0.25) is 0 Å². The number of fused-ring (bicyclic) bond motifs is 5. The molecule has 0 N–H and O–H groups in total. The van der Waals surface area contributed by atoms with Gasteiger partial charge in [-0.1, -0.05) is 27.7 Å². The number of hydrogen-bond acceptors (Lipinski definition) is 4. The van der Waals surface area contributed by atoms with E-state index in [9.17, 15) is 14.0 Å². The summed E-state index contributed by atoms with van der Waals surface area (Å²) < 4.78 is 21.7. The number of halogens is 1. The zero-order chi connectivity index (χ0) is 23.6. The molecule has 3 aliphatic rings. The summed E-state index contributed by atoms with van der Waals surface area (Å²) in [5.74, 6) is -0.639. The van der Waals surface area contributed by atoms with Gasteiger partial charge in [-0.05, 0) is 60.4 Å². The van der Waals surface area contributed by atoms with Crippen molar-refractivity contribution < 1.29 is 13.9 Å². The van der Waals surface area contributed by atoms with Gasteiger partial charge in [-0.25, -0.2) is 9.37 Å². The Morgan fingerprint density at radius 2 is 1.94 bits per heavy atom. The monoisotopic (exact) mass is 448 g/mol. The van der Waals surface area contributed by atoms with E-state index >= 15 is 0 Å². The van der Waals surface area contributed by atoms with Gasteiger partial charge in [0, 0.05) is 17.0 Å². The molecule has 0 unspecified atom stereocenters. The highest BCUT2D eigenvalue weighted by atomic mass is 19.1. The smallest absolute Gasteiger partial charge is 0.313 e. The SMILES string of the molecule is CC.CC[C@H]1C(=O)OCc2c1cc1n(c2=O)Cc2c-1nc1cc(F)c(C)c3c1c2[C@@H](C)CC3. The number of hydrogen-bond donors (Lipinski definition) is 0. The maximum absolute atomic E-state index is 14.7. The zero-order valence-electron chi connectivity index (χ0n) is 19.8. The van der Waals surface area contributed by atoms with Gasteiger partial charge in [-0.3, -0.25) is 9.59 Å². The molecule has 33 heavy (non-hydrogen) atoms. The van der Waals surface area contributed by atoms with E-state index < -0.39 is 5.92 Å². The van der Waals surface area contributed by atoms with Crippen LogP contribution in [0.3, 0.4) is 0 Å². The summed E-state index contributed by atoms with van der Waals surface area (Å²) in [7, 11) is 0. The maximum atomic E-state index is 14.7. The van der Waals surface area contributed by atoms with Gasteiger partial charge in [0.1, 0.15) is 12.4 Å². The van der Waals surface area contributed by atoms with Crippen molar-refractivity contribution in [1.82, 2.24) is 9.55 Å². The summed E-state index contributed by atoms with van der Waals surface area (Å²) in [6.45, 7) is 10.4. The molecule has 5 nitrogen and oxygen atoms in total. The van der Waals surface area contributed by atoms with Crippen LogP contribution in [0, 0.1) is 12.7 Å². The van der Waals surface area contributed by atoms with Crippen LogP contribution >= 0.6 is 0 Å². The van der Waals surface area contributed by atoms with Crippen LogP contribution in [0.4, 0.5) is 4.39 Å². The number of cyclic esters (lactones) is 1. The molecule has 1 aromatic carbocycles. The molecule has 2 aliphatic heterocycles. The van der Waals surface area contributed by atoms with Crippen molar-refractivity contribution in [2.75, 3.05) is 0 Å². The third-order valence-electron chi connectivity index (χ3n) is 7.49. The number of nitrogens with zero attached hydrogens (tertiary/aromatic N) is 2. The van der Waals surface area contributed by atoms with E-state index in [1.807, 2.05) is 33.8 Å². The largest absolute Gasteiger partial charge is 0.460 e. The Hall–Kier alpha value is -3.02. The van der Waals surface area contributed by atoms with E-state index in [4.69, 9.17) is 9.72 Å². The van der Waals surface area contributed by atoms with E-state index in [0.29, 0.717) is 35.5 Å². The first-order chi connectivity index (χ1) is 15.9. The zero-order valence-corrected chi connectivity index (χ0v) is 19.8. The van der Waals surface area contributed by atoms with Gasteiger partial charge in [0.05, 0.1) is 34.9 Å². The number of rotatable bonds is 1. The summed E-state index contributed by atoms with van der Waals surface area (Å²) in [5, 5.41) is 1.06. The Morgan fingerprint density at radius 3 is 2.67 bits per heavy atom. The molecule has 3 aromatic rings. The van der Waals surface area contributed by atoms with Gasteiger partial charge in [-0.15, -0.1) is 0 Å². The predicted octanol–water partition coefficient (Wildman–Crippen LogP) is 5.50. The second kappa shape index (κ2) is 7.79.